The summed E-state index contributed by atoms with van der Waals surface area (Å²) in [7, 11) is 0. The van der Waals surface area contributed by atoms with E-state index in [4.69, 9.17) is 9.47 Å². The van der Waals surface area contributed by atoms with Gasteiger partial charge in [-0.15, -0.1) is 0 Å². The Morgan fingerprint density at radius 2 is 1.88 bits per heavy atom. The van der Waals surface area contributed by atoms with Gasteiger partial charge in [0.05, 0.1) is 19.4 Å². The van der Waals surface area contributed by atoms with Crippen molar-refractivity contribution < 1.29 is 23.9 Å². The molecule has 32 heavy (non-hydrogen) atoms. The first-order chi connectivity index (χ1) is 15.6. The molecule has 2 N–H and O–H groups in total. The number of hydrogen-bond donors (Lipinski definition) is 2. The predicted molar refractivity (Wildman–Crippen MR) is 115 cm³/mol. The summed E-state index contributed by atoms with van der Waals surface area (Å²) in [5.41, 5.74) is 2.47. The van der Waals surface area contributed by atoms with Gasteiger partial charge in [-0.1, -0.05) is 24.3 Å². The zero-order valence-electron chi connectivity index (χ0n) is 17.7. The van der Waals surface area contributed by atoms with E-state index in [-0.39, 0.29) is 24.4 Å². The van der Waals surface area contributed by atoms with E-state index < -0.39 is 17.9 Å². The lowest BCUT2D eigenvalue weighted by Gasteiger charge is -2.26. The molecule has 2 fully saturated rings. The van der Waals surface area contributed by atoms with Gasteiger partial charge in [-0.05, 0) is 29.7 Å². The van der Waals surface area contributed by atoms with E-state index in [0.29, 0.717) is 12.4 Å². The molecule has 3 heterocycles. The van der Waals surface area contributed by atoms with Crippen LogP contribution in [0.15, 0.2) is 42.6 Å². The Morgan fingerprint density at radius 3 is 2.56 bits per heavy atom. The number of piperidine rings is 1. The average molecular weight is 438 g/mol. The molecule has 2 aliphatic heterocycles. The van der Waals surface area contributed by atoms with Crippen molar-refractivity contribution in [1.82, 2.24) is 20.5 Å². The molecule has 9 heteroatoms. The summed E-state index contributed by atoms with van der Waals surface area (Å²) < 4.78 is 11.2. The summed E-state index contributed by atoms with van der Waals surface area (Å²) in [6.07, 6.45) is 1.96. The average Bonchev–Trinajstić information content (AvgIpc) is 2.81. The highest BCUT2D eigenvalue weighted by Gasteiger charge is 2.28. The quantitative estimate of drug-likeness (QED) is 0.622. The number of rotatable bonds is 7. The van der Waals surface area contributed by atoms with Gasteiger partial charge < -0.3 is 14.8 Å². The third-order valence-electron chi connectivity index (χ3n) is 5.45. The lowest BCUT2D eigenvalue weighted by molar-refractivity contribution is -0.134. The monoisotopic (exact) mass is 438 g/mol. The third-order valence-corrected chi connectivity index (χ3v) is 5.45. The zero-order valence-corrected chi connectivity index (χ0v) is 17.7. The highest BCUT2D eigenvalue weighted by molar-refractivity contribution is 6.03. The molecule has 2 saturated heterocycles. The molecule has 0 spiro atoms. The van der Waals surface area contributed by atoms with Crippen molar-refractivity contribution in [2.24, 2.45) is 0 Å². The van der Waals surface area contributed by atoms with Gasteiger partial charge in [0, 0.05) is 26.1 Å². The number of nitrogens with zero attached hydrogens (tertiary/aromatic N) is 2. The van der Waals surface area contributed by atoms with Gasteiger partial charge in [0.1, 0.15) is 24.1 Å². The third kappa shape index (κ3) is 5.89. The molecule has 168 valence electrons. The number of ether oxygens (including phenoxy) is 2. The lowest BCUT2D eigenvalue weighted by Crippen LogP contribution is -2.52. The Kier molecular flexibility index (Phi) is 7.08. The number of morpholine rings is 1. The number of aromatic nitrogens is 1. The number of pyridine rings is 1. The molecule has 2 aliphatic rings. The molecule has 4 rings (SSSR count). The summed E-state index contributed by atoms with van der Waals surface area (Å²) >= 11 is 0. The second-order valence-electron chi connectivity index (χ2n) is 7.85. The van der Waals surface area contributed by atoms with Gasteiger partial charge in [-0.25, -0.2) is 4.98 Å². The van der Waals surface area contributed by atoms with Gasteiger partial charge in [0.25, 0.3) is 5.91 Å². The maximum absolute atomic E-state index is 12.3. The van der Waals surface area contributed by atoms with Crippen molar-refractivity contribution >= 4 is 17.7 Å². The zero-order chi connectivity index (χ0) is 22.3. The number of benzene rings is 1. The maximum atomic E-state index is 12.3. The second kappa shape index (κ2) is 10.3. The summed E-state index contributed by atoms with van der Waals surface area (Å²) in [4.78, 5) is 41.8. The van der Waals surface area contributed by atoms with Gasteiger partial charge in [0.2, 0.25) is 11.8 Å². The minimum Gasteiger partial charge on any atom is -0.487 e. The largest absolute Gasteiger partial charge is 0.487 e. The first-order valence-corrected chi connectivity index (χ1v) is 10.7. The van der Waals surface area contributed by atoms with Crippen LogP contribution in [0.5, 0.6) is 5.75 Å². The highest BCUT2D eigenvalue weighted by Crippen LogP contribution is 2.14. The van der Waals surface area contributed by atoms with Crippen LogP contribution < -0.4 is 15.4 Å². The van der Waals surface area contributed by atoms with Crippen LogP contribution in [0.25, 0.3) is 0 Å². The Labute approximate surface area is 186 Å². The van der Waals surface area contributed by atoms with Crippen LogP contribution in [-0.2, 0) is 27.5 Å². The molecule has 1 unspecified atom stereocenters. The number of nitrogens with one attached hydrogen (secondary N) is 2. The standard InChI is InChI=1S/C23H26N4O5/c28-21-8-7-20(23(30)26-21)25-22(29)19-6-5-18(13-24-19)32-15-17-3-1-16(2-4-17)14-27-9-11-31-12-10-27/h1-6,13,20H,7-12,14-15H2,(H,25,29)(H,26,28,30). The van der Waals surface area contributed by atoms with Crippen LogP contribution in [0, 0.1) is 0 Å². The fourth-order valence-corrected chi connectivity index (χ4v) is 3.59. The summed E-state index contributed by atoms with van der Waals surface area (Å²) in [5.74, 6) is -0.751. The second-order valence-corrected chi connectivity index (χ2v) is 7.85. The van der Waals surface area contributed by atoms with E-state index in [1.54, 1.807) is 12.1 Å². The molecule has 0 bridgehead atoms. The molecule has 0 saturated carbocycles. The Bertz CT molecular complexity index is 955. The normalized spacial score (nSPS) is 19.3. The number of imide groups is 1. The van der Waals surface area contributed by atoms with Crippen LogP contribution in [0.3, 0.4) is 0 Å². The Hall–Kier alpha value is -3.30. The Morgan fingerprint density at radius 1 is 1.12 bits per heavy atom. The van der Waals surface area contributed by atoms with E-state index in [1.165, 1.54) is 11.8 Å². The fourth-order valence-electron chi connectivity index (χ4n) is 3.59. The molecule has 0 aliphatic carbocycles. The molecule has 9 nitrogen and oxygen atoms in total. The molecular formula is C23H26N4O5. The lowest BCUT2D eigenvalue weighted by atomic mass is 10.1. The van der Waals surface area contributed by atoms with Gasteiger partial charge in [-0.3, -0.25) is 24.6 Å². The molecular weight excluding hydrogens is 412 g/mol. The smallest absolute Gasteiger partial charge is 0.270 e. The van der Waals surface area contributed by atoms with Crippen molar-refractivity contribution in [2.75, 3.05) is 26.3 Å². The van der Waals surface area contributed by atoms with Crippen molar-refractivity contribution in [3.05, 3.63) is 59.4 Å². The summed E-state index contributed by atoms with van der Waals surface area (Å²) in [6, 6.07) is 10.8. The minimum atomic E-state index is -0.732. The SMILES string of the molecule is O=C1CCC(NC(=O)c2ccc(OCc3ccc(CN4CCOCC4)cc3)cn2)C(=O)N1. The number of hydrogen-bond acceptors (Lipinski definition) is 7. The van der Waals surface area contributed by atoms with Crippen molar-refractivity contribution in [3.8, 4) is 5.75 Å². The van der Waals surface area contributed by atoms with E-state index in [9.17, 15) is 14.4 Å². The molecule has 3 amide bonds. The number of carbonyl (C=O) groups is 3. The number of carbonyl (C=O) groups excluding carboxylic acids is 3. The fraction of sp³-hybridized carbons (Fsp3) is 0.391. The van der Waals surface area contributed by atoms with Crippen LogP contribution in [-0.4, -0.2) is 60.0 Å². The molecule has 1 aromatic carbocycles. The van der Waals surface area contributed by atoms with Crippen LogP contribution in [0.1, 0.15) is 34.5 Å². The van der Waals surface area contributed by atoms with E-state index in [1.807, 2.05) is 12.1 Å². The van der Waals surface area contributed by atoms with Gasteiger partial charge in [0.15, 0.2) is 0 Å². The summed E-state index contributed by atoms with van der Waals surface area (Å²) in [5, 5.41) is 4.81. The van der Waals surface area contributed by atoms with E-state index in [0.717, 1.165) is 38.4 Å². The van der Waals surface area contributed by atoms with Crippen LogP contribution in [0.2, 0.25) is 0 Å². The van der Waals surface area contributed by atoms with Crippen molar-refractivity contribution in [3.63, 3.8) is 0 Å². The topological polar surface area (TPSA) is 110 Å². The van der Waals surface area contributed by atoms with E-state index in [2.05, 4.69) is 32.7 Å². The highest BCUT2D eigenvalue weighted by atomic mass is 16.5. The van der Waals surface area contributed by atoms with Crippen LogP contribution >= 0.6 is 0 Å². The van der Waals surface area contributed by atoms with Crippen LogP contribution in [0.4, 0.5) is 0 Å². The van der Waals surface area contributed by atoms with Gasteiger partial charge >= 0.3 is 0 Å². The molecule has 1 atom stereocenters. The van der Waals surface area contributed by atoms with E-state index >= 15 is 0 Å². The predicted octanol–water partition coefficient (Wildman–Crippen LogP) is 1.03. The Balaban J connectivity index is 1.25. The van der Waals surface area contributed by atoms with Crippen molar-refractivity contribution in [2.45, 2.75) is 32.0 Å². The number of amides is 3. The van der Waals surface area contributed by atoms with Gasteiger partial charge in [-0.2, -0.15) is 0 Å². The summed E-state index contributed by atoms with van der Waals surface area (Å²) in [6.45, 7) is 4.80. The molecule has 0 radical (unpaired) electrons. The molecule has 2 aromatic rings. The minimum absolute atomic E-state index is 0.175. The van der Waals surface area contributed by atoms with Crippen molar-refractivity contribution in [1.29, 1.82) is 0 Å². The first-order valence-electron chi connectivity index (χ1n) is 10.7. The molecule has 1 aromatic heterocycles. The first kappa shape index (κ1) is 21.9. The maximum Gasteiger partial charge on any atom is 0.270 e.